The lowest BCUT2D eigenvalue weighted by molar-refractivity contribution is -0.117. The highest BCUT2D eigenvalue weighted by molar-refractivity contribution is 6.43. The molecule has 1 N–H and O–H groups in total. The largest absolute Gasteiger partial charge is 0.345 e. The Bertz CT molecular complexity index is 1190. The van der Waals surface area contributed by atoms with Crippen molar-refractivity contribution in [3.8, 4) is 11.1 Å². The topological polar surface area (TPSA) is 50.6 Å². The molecule has 1 amide bonds. The van der Waals surface area contributed by atoms with E-state index in [9.17, 15) is 9.59 Å². The standard InChI is InChI=1S/C24H19ClN2O2/c1-16-5-7-17(8-6-16)15-26-24(29)23(28)22-21(18-9-11-19(25)12-10-18)14-20-4-2-3-13-27(20)22/h2-14H,15H2,1H3,(H,26,29). The number of halogens is 1. The van der Waals surface area contributed by atoms with Crippen molar-refractivity contribution in [3.05, 3.63) is 101 Å². The van der Waals surface area contributed by atoms with Gasteiger partial charge in [-0.2, -0.15) is 0 Å². The van der Waals surface area contributed by atoms with Crippen LogP contribution in [0.2, 0.25) is 5.02 Å². The predicted octanol–water partition coefficient (Wildman–Crippen LogP) is 5.07. The minimum atomic E-state index is -0.635. The second-order valence-corrected chi connectivity index (χ2v) is 7.34. The Kier molecular flexibility index (Phi) is 5.19. The molecule has 0 fully saturated rings. The third-order valence-corrected chi connectivity index (χ3v) is 5.08. The monoisotopic (exact) mass is 402 g/mol. The lowest BCUT2D eigenvalue weighted by Gasteiger charge is -2.08. The molecule has 0 aliphatic carbocycles. The van der Waals surface area contributed by atoms with E-state index < -0.39 is 11.7 Å². The highest BCUT2D eigenvalue weighted by atomic mass is 35.5. The van der Waals surface area contributed by atoms with Crippen LogP contribution in [0.15, 0.2) is 79.0 Å². The summed E-state index contributed by atoms with van der Waals surface area (Å²) in [7, 11) is 0. The van der Waals surface area contributed by atoms with Crippen LogP contribution in [0.4, 0.5) is 0 Å². The summed E-state index contributed by atoms with van der Waals surface area (Å²) >= 11 is 6.00. The highest BCUT2D eigenvalue weighted by Crippen LogP contribution is 2.29. The molecule has 4 rings (SSSR count). The smallest absolute Gasteiger partial charge is 0.294 e. The second kappa shape index (κ2) is 7.94. The number of hydrogen-bond donors (Lipinski definition) is 1. The number of rotatable bonds is 5. The molecular formula is C24H19ClN2O2. The van der Waals surface area contributed by atoms with Crippen molar-refractivity contribution in [1.29, 1.82) is 0 Å². The zero-order chi connectivity index (χ0) is 20.4. The van der Waals surface area contributed by atoms with Gasteiger partial charge in [0.05, 0.1) is 0 Å². The van der Waals surface area contributed by atoms with E-state index >= 15 is 0 Å². The summed E-state index contributed by atoms with van der Waals surface area (Å²) in [4.78, 5) is 25.8. The maximum Gasteiger partial charge on any atom is 0.294 e. The van der Waals surface area contributed by atoms with Crippen molar-refractivity contribution in [2.24, 2.45) is 0 Å². The fourth-order valence-corrected chi connectivity index (χ4v) is 3.41. The number of pyridine rings is 1. The molecule has 0 bridgehead atoms. The van der Waals surface area contributed by atoms with Crippen molar-refractivity contribution in [3.63, 3.8) is 0 Å². The average molecular weight is 403 g/mol. The molecular weight excluding hydrogens is 384 g/mol. The van der Waals surface area contributed by atoms with Crippen molar-refractivity contribution < 1.29 is 9.59 Å². The number of Topliss-reactive ketones (excluding diaryl/α,β-unsaturated/α-hetero) is 1. The van der Waals surface area contributed by atoms with Crippen LogP contribution in [0, 0.1) is 6.92 Å². The summed E-state index contributed by atoms with van der Waals surface area (Å²) < 4.78 is 1.75. The van der Waals surface area contributed by atoms with Crippen LogP contribution in [-0.4, -0.2) is 16.1 Å². The molecule has 0 spiro atoms. The Morgan fingerprint density at radius 2 is 1.69 bits per heavy atom. The first kappa shape index (κ1) is 19.0. The van der Waals surface area contributed by atoms with Gasteiger partial charge in [0.2, 0.25) is 0 Å². The third kappa shape index (κ3) is 3.93. The fourth-order valence-electron chi connectivity index (χ4n) is 3.28. The molecule has 2 aromatic carbocycles. The summed E-state index contributed by atoms with van der Waals surface area (Å²) in [5.41, 5.74) is 4.78. The zero-order valence-corrected chi connectivity index (χ0v) is 16.6. The molecule has 0 aliphatic heterocycles. The van der Waals surface area contributed by atoms with Crippen LogP contribution in [-0.2, 0) is 11.3 Å². The Labute approximate surface area is 173 Å². The van der Waals surface area contributed by atoms with Crippen LogP contribution >= 0.6 is 11.6 Å². The number of amides is 1. The molecule has 0 saturated carbocycles. The second-order valence-electron chi connectivity index (χ2n) is 6.91. The van der Waals surface area contributed by atoms with Crippen LogP contribution in [0.3, 0.4) is 0 Å². The van der Waals surface area contributed by atoms with Gasteiger partial charge in [0.15, 0.2) is 0 Å². The molecule has 0 atom stereocenters. The summed E-state index contributed by atoms with van der Waals surface area (Å²) in [6, 6.07) is 22.6. The molecule has 2 aromatic heterocycles. The van der Waals surface area contributed by atoms with Gasteiger partial charge in [-0.3, -0.25) is 9.59 Å². The van der Waals surface area contributed by atoms with Gasteiger partial charge >= 0.3 is 0 Å². The Hall–Kier alpha value is -3.37. The number of nitrogens with zero attached hydrogens (tertiary/aromatic N) is 1. The van der Waals surface area contributed by atoms with Gasteiger partial charge in [-0.05, 0) is 48.4 Å². The highest BCUT2D eigenvalue weighted by Gasteiger charge is 2.24. The number of aromatic nitrogens is 1. The van der Waals surface area contributed by atoms with E-state index in [-0.39, 0.29) is 0 Å². The number of fused-ring (bicyclic) bond motifs is 1. The van der Waals surface area contributed by atoms with E-state index in [1.165, 1.54) is 0 Å². The van der Waals surface area contributed by atoms with Gasteiger partial charge in [-0.25, -0.2) is 0 Å². The fraction of sp³-hybridized carbons (Fsp3) is 0.0833. The van der Waals surface area contributed by atoms with Crippen molar-refractivity contribution >= 4 is 28.8 Å². The first-order valence-electron chi connectivity index (χ1n) is 9.27. The minimum absolute atomic E-state index is 0.296. The summed E-state index contributed by atoms with van der Waals surface area (Å²) in [5, 5.41) is 3.35. The van der Waals surface area contributed by atoms with Gasteiger partial charge in [0, 0.05) is 28.8 Å². The maximum absolute atomic E-state index is 13.1. The summed E-state index contributed by atoms with van der Waals surface area (Å²) in [5.74, 6) is -1.21. The molecule has 5 heteroatoms. The third-order valence-electron chi connectivity index (χ3n) is 4.83. The number of benzene rings is 2. The van der Waals surface area contributed by atoms with Crippen molar-refractivity contribution in [1.82, 2.24) is 9.72 Å². The van der Waals surface area contributed by atoms with E-state index in [0.29, 0.717) is 22.8 Å². The van der Waals surface area contributed by atoms with Gasteiger partial charge in [0.1, 0.15) is 5.69 Å². The number of carbonyl (C=O) groups excluding carboxylic acids is 2. The van der Waals surface area contributed by atoms with Crippen LogP contribution in [0.25, 0.3) is 16.6 Å². The first-order valence-corrected chi connectivity index (χ1v) is 9.65. The van der Waals surface area contributed by atoms with Crippen molar-refractivity contribution in [2.75, 3.05) is 0 Å². The maximum atomic E-state index is 13.1. The molecule has 4 nitrogen and oxygen atoms in total. The van der Waals surface area contributed by atoms with Gasteiger partial charge < -0.3 is 9.72 Å². The Morgan fingerprint density at radius 3 is 2.41 bits per heavy atom. The number of ketones is 1. The summed E-state index contributed by atoms with van der Waals surface area (Å²) in [6.07, 6.45) is 1.79. The van der Waals surface area contributed by atoms with Gasteiger partial charge in [-0.1, -0.05) is 59.6 Å². The minimum Gasteiger partial charge on any atom is -0.345 e. The normalized spacial score (nSPS) is 10.8. The Balaban J connectivity index is 1.67. The molecule has 144 valence electrons. The molecule has 0 radical (unpaired) electrons. The molecule has 2 heterocycles. The molecule has 0 aliphatic rings. The van der Waals surface area contributed by atoms with Crippen LogP contribution in [0.1, 0.15) is 21.6 Å². The molecule has 4 aromatic rings. The number of nitrogens with one attached hydrogen (secondary N) is 1. The lowest BCUT2D eigenvalue weighted by Crippen LogP contribution is -2.31. The van der Waals surface area contributed by atoms with E-state index in [0.717, 1.165) is 22.2 Å². The van der Waals surface area contributed by atoms with Gasteiger partial charge in [-0.15, -0.1) is 0 Å². The molecule has 0 unspecified atom stereocenters. The van der Waals surface area contributed by atoms with Crippen molar-refractivity contribution in [2.45, 2.75) is 13.5 Å². The lowest BCUT2D eigenvalue weighted by atomic mass is 10.0. The first-order chi connectivity index (χ1) is 14.0. The molecule has 29 heavy (non-hydrogen) atoms. The van der Waals surface area contributed by atoms with E-state index in [2.05, 4.69) is 5.32 Å². The molecule has 0 saturated heterocycles. The summed E-state index contributed by atoms with van der Waals surface area (Å²) in [6.45, 7) is 2.30. The van der Waals surface area contributed by atoms with E-state index in [1.807, 2.05) is 67.6 Å². The van der Waals surface area contributed by atoms with E-state index in [4.69, 9.17) is 11.6 Å². The number of carbonyl (C=O) groups is 2. The average Bonchev–Trinajstić information content (AvgIpc) is 3.12. The van der Waals surface area contributed by atoms with E-state index in [1.54, 1.807) is 22.7 Å². The Morgan fingerprint density at radius 1 is 0.966 bits per heavy atom. The van der Waals surface area contributed by atoms with Gasteiger partial charge in [0.25, 0.3) is 11.7 Å². The SMILES string of the molecule is Cc1ccc(CNC(=O)C(=O)c2c(-c3ccc(Cl)cc3)cc3ccccn23)cc1. The van der Waals surface area contributed by atoms with Crippen LogP contribution < -0.4 is 5.32 Å². The quantitative estimate of drug-likeness (QED) is 0.374. The number of aryl methyl sites for hydroxylation is 1. The number of hydrogen-bond acceptors (Lipinski definition) is 2. The zero-order valence-electron chi connectivity index (χ0n) is 15.9. The van der Waals surface area contributed by atoms with Crippen LogP contribution in [0.5, 0.6) is 0 Å². The predicted molar refractivity (Wildman–Crippen MR) is 115 cm³/mol.